The molecule has 0 heterocycles. The summed E-state index contributed by atoms with van der Waals surface area (Å²) in [5.41, 5.74) is 0.433. The van der Waals surface area contributed by atoms with Crippen LogP contribution in [0.15, 0.2) is 24.3 Å². The van der Waals surface area contributed by atoms with Gasteiger partial charge in [-0.25, -0.2) is 0 Å². The lowest BCUT2D eigenvalue weighted by molar-refractivity contribution is -0.148. The Morgan fingerprint density at radius 1 is 1.26 bits per heavy atom. The average Bonchev–Trinajstić information content (AvgIpc) is 2.38. The standard InChI is InChI=1S/C14H17NO4/c1-4-19-14(17)12(9(2)16)13(15)10-5-7-11(18-3)8-6-10/h5-8,12,15H,4H2,1-3H3. The van der Waals surface area contributed by atoms with Gasteiger partial charge in [0.05, 0.1) is 19.4 Å². The van der Waals surface area contributed by atoms with Crippen LogP contribution in [0.4, 0.5) is 0 Å². The molecule has 0 fully saturated rings. The number of hydrogen-bond donors (Lipinski definition) is 1. The SMILES string of the molecule is CCOC(=O)C(C(=N)c1ccc(OC)cc1)C(C)=O. The molecule has 1 unspecified atom stereocenters. The van der Waals surface area contributed by atoms with Gasteiger partial charge in [0, 0.05) is 0 Å². The van der Waals surface area contributed by atoms with Gasteiger partial charge < -0.3 is 14.9 Å². The van der Waals surface area contributed by atoms with E-state index in [1.165, 1.54) is 14.0 Å². The molecular weight excluding hydrogens is 246 g/mol. The van der Waals surface area contributed by atoms with Crippen molar-refractivity contribution in [2.75, 3.05) is 13.7 Å². The first-order valence-electron chi connectivity index (χ1n) is 5.91. The summed E-state index contributed by atoms with van der Waals surface area (Å²) in [4.78, 5) is 23.2. The molecule has 0 bridgehead atoms. The van der Waals surface area contributed by atoms with E-state index in [9.17, 15) is 9.59 Å². The molecule has 0 amide bonds. The van der Waals surface area contributed by atoms with Crippen molar-refractivity contribution >= 4 is 17.5 Å². The van der Waals surface area contributed by atoms with Gasteiger partial charge in [0.1, 0.15) is 11.5 Å². The fraction of sp³-hybridized carbons (Fsp3) is 0.357. The first-order valence-corrected chi connectivity index (χ1v) is 5.91. The third kappa shape index (κ3) is 3.64. The lowest BCUT2D eigenvalue weighted by Gasteiger charge is -2.14. The van der Waals surface area contributed by atoms with Crippen LogP contribution in [0.25, 0.3) is 0 Å². The largest absolute Gasteiger partial charge is 0.497 e. The van der Waals surface area contributed by atoms with Gasteiger partial charge in [0.25, 0.3) is 0 Å². The smallest absolute Gasteiger partial charge is 0.322 e. The summed E-state index contributed by atoms with van der Waals surface area (Å²) in [6, 6.07) is 6.62. The lowest BCUT2D eigenvalue weighted by atomic mass is 9.93. The molecular formula is C14H17NO4. The van der Waals surface area contributed by atoms with Crippen molar-refractivity contribution in [2.24, 2.45) is 5.92 Å². The van der Waals surface area contributed by atoms with Crippen LogP contribution in [0.5, 0.6) is 5.75 Å². The zero-order chi connectivity index (χ0) is 14.4. The van der Waals surface area contributed by atoms with Gasteiger partial charge in [0.15, 0.2) is 5.92 Å². The maximum atomic E-state index is 11.7. The normalized spacial score (nSPS) is 11.5. The van der Waals surface area contributed by atoms with E-state index in [1.54, 1.807) is 31.2 Å². The van der Waals surface area contributed by atoms with Gasteiger partial charge in [-0.2, -0.15) is 0 Å². The minimum Gasteiger partial charge on any atom is -0.497 e. The molecule has 0 aliphatic heterocycles. The van der Waals surface area contributed by atoms with Crippen LogP contribution in [0.2, 0.25) is 0 Å². The number of ether oxygens (including phenoxy) is 2. The van der Waals surface area contributed by atoms with E-state index >= 15 is 0 Å². The van der Waals surface area contributed by atoms with Crippen molar-refractivity contribution in [1.82, 2.24) is 0 Å². The molecule has 5 nitrogen and oxygen atoms in total. The van der Waals surface area contributed by atoms with Crippen LogP contribution in [-0.4, -0.2) is 31.2 Å². The second-order valence-electron chi connectivity index (χ2n) is 3.94. The summed E-state index contributed by atoms with van der Waals surface area (Å²) >= 11 is 0. The van der Waals surface area contributed by atoms with Gasteiger partial charge in [-0.05, 0) is 43.7 Å². The van der Waals surface area contributed by atoms with Crippen molar-refractivity contribution in [3.8, 4) is 5.75 Å². The lowest BCUT2D eigenvalue weighted by Crippen LogP contribution is -2.32. The molecule has 5 heteroatoms. The molecule has 0 aromatic heterocycles. The zero-order valence-corrected chi connectivity index (χ0v) is 11.2. The molecule has 0 saturated carbocycles. The second-order valence-corrected chi connectivity index (χ2v) is 3.94. The molecule has 1 rings (SSSR count). The molecule has 1 aromatic carbocycles. The van der Waals surface area contributed by atoms with E-state index in [0.29, 0.717) is 11.3 Å². The summed E-state index contributed by atoms with van der Waals surface area (Å²) < 4.78 is 9.84. The number of carbonyl (C=O) groups excluding carboxylic acids is 2. The fourth-order valence-electron chi connectivity index (χ4n) is 1.65. The Labute approximate surface area is 112 Å². The Balaban J connectivity index is 2.98. The quantitative estimate of drug-likeness (QED) is 0.482. The fourth-order valence-corrected chi connectivity index (χ4v) is 1.65. The summed E-state index contributed by atoms with van der Waals surface area (Å²) in [5.74, 6) is -1.62. The van der Waals surface area contributed by atoms with Crippen molar-refractivity contribution < 1.29 is 19.1 Å². The maximum absolute atomic E-state index is 11.7. The number of benzene rings is 1. The third-order valence-corrected chi connectivity index (χ3v) is 2.62. The predicted molar refractivity (Wildman–Crippen MR) is 70.6 cm³/mol. The highest BCUT2D eigenvalue weighted by atomic mass is 16.5. The van der Waals surface area contributed by atoms with Gasteiger partial charge in [-0.15, -0.1) is 0 Å². The van der Waals surface area contributed by atoms with Crippen molar-refractivity contribution in [3.05, 3.63) is 29.8 Å². The predicted octanol–water partition coefficient (Wildman–Crippen LogP) is 1.83. The number of carbonyl (C=O) groups is 2. The van der Waals surface area contributed by atoms with E-state index in [-0.39, 0.29) is 12.3 Å². The number of Topliss-reactive ketones (excluding diaryl/α,β-unsaturated/α-hetero) is 1. The highest BCUT2D eigenvalue weighted by Gasteiger charge is 2.30. The minimum atomic E-state index is -1.17. The molecule has 1 atom stereocenters. The highest BCUT2D eigenvalue weighted by Crippen LogP contribution is 2.16. The second kappa shape index (κ2) is 6.68. The van der Waals surface area contributed by atoms with Crippen molar-refractivity contribution in [1.29, 1.82) is 5.41 Å². The number of hydrogen-bond acceptors (Lipinski definition) is 5. The van der Waals surface area contributed by atoms with Gasteiger partial charge in [-0.1, -0.05) is 0 Å². The molecule has 0 aliphatic carbocycles. The number of nitrogens with one attached hydrogen (secondary N) is 1. The summed E-state index contributed by atoms with van der Waals surface area (Å²) in [6.07, 6.45) is 0. The highest BCUT2D eigenvalue weighted by molar-refractivity contribution is 6.23. The summed E-state index contributed by atoms with van der Waals surface area (Å²) in [7, 11) is 1.54. The van der Waals surface area contributed by atoms with Crippen LogP contribution in [0, 0.1) is 11.3 Å². The monoisotopic (exact) mass is 263 g/mol. The first kappa shape index (κ1) is 14.9. The number of ketones is 1. The first-order chi connectivity index (χ1) is 9.01. The molecule has 0 saturated heterocycles. The molecule has 0 radical (unpaired) electrons. The van der Waals surface area contributed by atoms with E-state index in [1.807, 2.05) is 0 Å². The molecule has 1 N–H and O–H groups in total. The van der Waals surface area contributed by atoms with E-state index < -0.39 is 17.7 Å². The maximum Gasteiger partial charge on any atom is 0.322 e. The summed E-state index contributed by atoms with van der Waals surface area (Å²) in [6.45, 7) is 3.12. The third-order valence-electron chi connectivity index (χ3n) is 2.62. The van der Waals surface area contributed by atoms with E-state index in [2.05, 4.69) is 0 Å². The Morgan fingerprint density at radius 2 is 1.84 bits per heavy atom. The number of esters is 1. The molecule has 102 valence electrons. The summed E-state index contributed by atoms with van der Waals surface area (Å²) in [5, 5.41) is 7.99. The Kier molecular flexibility index (Phi) is 5.23. The van der Waals surface area contributed by atoms with Gasteiger partial charge >= 0.3 is 5.97 Å². The van der Waals surface area contributed by atoms with Crippen LogP contribution in [-0.2, 0) is 14.3 Å². The van der Waals surface area contributed by atoms with Crippen molar-refractivity contribution in [3.63, 3.8) is 0 Å². The van der Waals surface area contributed by atoms with Crippen LogP contribution in [0.1, 0.15) is 19.4 Å². The minimum absolute atomic E-state index is 0.0615. The van der Waals surface area contributed by atoms with Crippen LogP contribution >= 0.6 is 0 Å². The Hall–Kier alpha value is -2.17. The van der Waals surface area contributed by atoms with Crippen molar-refractivity contribution in [2.45, 2.75) is 13.8 Å². The van der Waals surface area contributed by atoms with E-state index in [4.69, 9.17) is 14.9 Å². The Bertz CT molecular complexity index is 479. The number of rotatable bonds is 6. The molecule has 1 aromatic rings. The Morgan fingerprint density at radius 3 is 2.26 bits per heavy atom. The molecule has 0 spiro atoms. The zero-order valence-electron chi connectivity index (χ0n) is 11.2. The molecule has 19 heavy (non-hydrogen) atoms. The van der Waals surface area contributed by atoms with Crippen LogP contribution < -0.4 is 4.74 Å². The molecule has 0 aliphatic rings. The van der Waals surface area contributed by atoms with Crippen LogP contribution in [0.3, 0.4) is 0 Å². The average molecular weight is 263 g/mol. The number of methoxy groups -OCH3 is 1. The van der Waals surface area contributed by atoms with Gasteiger partial charge in [-0.3, -0.25) is 9.59 Å². The van der Waals surface area contributed by atoms with E-state index in [0.717, 1.165) is 0 Å². The topological polar surface area (TPSA) is 76.5 Å². The van der Waals surface area contributed by atoms with Gasteiger partial charge in [0.2, 0.25) is 0 Å².